The fourth-order valence-corrected chi connectivity index (χ4v) is 5.02. The number of carbonyl (C=O) groups is 3. The topological polar surface area (TPSA) is 91.6 Å². The molecule has 2 N–H and O–H groups in total. The van der Waals surface area contributed by atoms with Gasteiger partial charge in [0, 0.05) is 30.5 Å². The van der Waals surface area contributed by atoms with E-state index in [1.54, 1.807) is 4.90 Å². The Bertz CT molecular complexity index is 1490. The molecule has 0 radical (unpaired) electrons. The highest BCUT2D eigenvalue weighted by molar-refractivity contribution is 9.10. The summed E-state index contributed by atoms with van der Waals surface area (Å²) in [5.74, 6) is -0.305. The summed E-state index contributed by atoms with van der Waals surface area (Å²) in [6.07, 6.45) is 4.88. The summed E-state index contributed by atoms with van der Waals surface area (Å²) in [4.78, 5) is 40.0. The Labute approximate surface area is 248 Å². The number of rotatable bonds is 12. The highest BCUT2D eigenvalue weighted by atomic mass is 79.9. The molecule has 3 aromatic carbocycles. The van der Waals surface area contributed by atoms with Crippen molar-refractivity contribution in [3.63, 3.8) is 0 Å². The van der Waals surface area contributed by atoms with Crippen LogP contribution in [0.5, 0.6) is 0 Å². The van der Waals surface area contributed by atoms with Crippen molar-refractivity contribution in [3.05, 3.63) is 101 Å². The molecule has 0 saturated heterocycles. The van der Waals surface area contributed by atoms with Crippen LogP contribution < -0.4 is 20.1 Å². The molecular weight excluding hydrogens is 584 g/mol. The molecule has 0 fully saturated rings. The molecule has 8 nitrogen and oxygen atoms in total. The quantitative estimate of drug-likeness (QED) is 0.149. The standard InChI is InChI=1S/C32H33BrN4O4/c1-2-18-36-22-25(21-26(33)23-36)31(39)37(27-12-4-3-5-13-27)19-9-16-30(38)34-17-20-41-32(40)35-29-15-8-11-24-10-6-7-14-28(24)29/h3-8,10-15,21-23H,2,9,16-20H2,1H3,(H-,34,35,38,40)/p+1. The number of nitrogens with one attached hydrogen (secondary N) is 2. The number of hydrogen-bond donors (Lipinski definition) is 2. The molecule has 0 saturated carbocycles. The molecule has 0 aliphatic carbocycles. The molecule has 0 spiro atoms. The molecule has 41 heavy (non-hydrogen) atoms. The zero-order valence-corrected chi connectivity index (χ0v) is 24.6. The van der Waals surface area contributed by atoms with Crippen LogP contribution in [0.15, 0.2) is 95.7 Å². The summed E-state index contributed by atoms with van der Waals surface area (Å²) in [6.45, 7) is 3.50. The predicted molar refractivity (Wildman–Crippen MR) is 164 cm³/mol. The zero-order valence-electron chi connectivity index (χ0n) is 23.0. The maximum absolute atomic E-state index is 13.5. The first-order valence-corrected chi connectivity index (χ1v) is 14.5. The number of nitrogens with zero attached hydrogens (tertiary/aromatic N) is 2. The molecule has 0 atom stereocenters. The van der Waals surface area contributed by atoms with Crippen LogP contribution >= 0.6 is 15.9 Å². The number of amides is 3. The number of para-hydroxylation sites is 1. The van der Waals surface area contributed by atoms with Crippen molar-refractivity contribution >= 4 is 56.0 Å². The van der Waals surface area contributed by atoms with Crippen LogP contribution in [0, 0.1) is 0 Å². The van der Waals surface area contributed by atoms with Crippen molar-refractivity contribution in [1.82, 2.24) is 5.32 Å². The van der Waals surface area contributed by atoms with Gasteiger partial charge in [-0.15, -0.1) is 0 Å². The minimum atomic E-state index is -0.583. The van der Waals surface area contributed by atoms with Gasteiger partial charge in [-0.3, -0.25) is 14.9 Å². The number of aryl methyl sites for hydroxylation is 1. The molecule has 1 aromatic heterocycles. The zero-order chi connectivity index (χ0) is 29.0. The number of aromatic nitrogens is 1. The highest BCUT2D eigenvalue weighted by Crippen LogP contribution is 2.23. The Kier molecular flexibility index (Phi) is 10.8. The molecule has 3 amide bonds. The van der Waals surface area contributed by atoms with Crippen molar-refractivity contribution in [2.45, 2.75) is 32.7 Å². The van der Waals surface area contributed by atoms with Crippen molar-refractivity contribution in [2.24, 2.45) is 0 Å². The molecule has 212 valence electrons. The lowest BCUT2D eigenvalue weighted by molar-refractivity contribution is -0.697. The summed E-state index contributed by atoms with van der Waals surface area (Å²) in [6, 6.07) is 24.7. The van der Waals surface area contributed by atoms with Crippen LogP contribution in [0.4, 0.5) is 16.2 Å². The van der Waals surface area contributed by atoms with Gasteiger partial charge >= 0.3 is 6.09 Å². The number of halogens is 1. The average molecular weight is 619 g/mol. The van der Waals surface area contributed by atoms with Crippen LogP contribution in [0.3, 0.4) is 0 Å². The van der Waals surface area contributed by atoms with Crippen molar-refractivity contribution in [1.29, 1.82) is 0 Å². The average Bonchev–Trinajstić information content (AvgIpc) is 2.98. The van der Waals surface area contributed by atoms with Crippen molar-refractivity contribution in [2.75, 3.05) is 29.9 Å². The SMILES string of the molecule is CCC[n+]1cc(Br)cc(C(=O)N(CCCC(=O)NCCOC(=O)Nc2cccc3ccccc23)c2ccccc2)c1. The van der Waals surface area contributed by atoms with Gasteiger partial charge in [-0.2, -0.15) is 0 Å². The van der Waals surface area contributed by atoms with Gasteiger partial charge in [0.1, 0.15) is 18.7 Å². The molecule has 0 aliphatic rings. The van der Waals surface area contributed by atoms with E-state index in [0.29, 0.717) is 24.2 Å². The Hall–Kier alpha value is -4.24. The predicted octanol–water partition coefficient (Wildman–Crippen LogP) is 6.09. The normalized spacial score (nSPS) is 10.7. The molecule has 0 bridgehead atoms. The van der Waals surface area contributed by atoms with Crippen LogP contribution in [0.2, 0.25) is 0 Å². The van der Waals surface area contributed by atoms with E-state index in [1.165, 1.54) is 0 Å². The second-order valence-corrected chi connectivity index (χ2v) is 10.4. The van der Waals surface area contributed by atoms with Crippen molar-refractivity contribution < 1.29 is 23.7 Å². The monoisotopic (exact) mass is 617 g/mol. The number of anilines is 2. The molecule has 4 rings (SSSR count). The second kappa shape index (κ2) is 14.9. The van der Waals surface area contributed by atoms with Gasteiger partial charge < -0.3 is 15.0 Å². The molecule has 9 heteroatoms. The van der Waals surface area contributed by atoms with Gasteiger partial charge in [0.15, 0.2) is 12.4 Å². The summed E-state index contributed by atoms with van der Waals surface area (Å²) in [7, 11) is 0. The summed E-state index contributed by atoms with van der Waals surface area (Å²) < 4.78 is 8.07. The third kappa shape index (κ3) is 8.62. The number of hydrogen-bond acceptors (Lipinski definition) is 4. The number of pyridine rings is 1. The molecular formula is C32H34BrN4O4+. The van der Waals surface area contributed by atoms with E-state index in [2.05, 4.69) is 33.5 Å². The Morgan fingerprint density at radius 3 is 2.51 bits per heavy atom. The fraction of sp³-hybridized carbons (Fsp3) is 0.250. The van der Waals surface area contributed by atoms with E-state index in [4.69, 9.17) is 4.74 Å². The fourth-order valence-electron chi connectivity index (χ4n) is 4.51. The van der Waals surface area contributed by atoms with Crippen LogP contribution in [-0.4, -0.2) is 37.6 Å². The first kappa shape index (κ1) is 29.7. The highest BCUT2D eigenvalue weighted by Gasteiger charge is 2.21. The van der Waals surface area contributed by atoms with Gasteiger partial charge in [-0.25, -0.2) is 9.36 Å². The first-order valence-electron chi connectivity index (χ1n) is 13.7. The minimum Gasteiger partial charge on any atom is -0.447 e. The van der Waals surface area contributed by atoms with Gasteiger partial charge in [0.2, 0.25) is 5.91 Å². The van der Waals surface area contributed by atoms with Gasteiger partial charge in [-0.05, 0) is 52.0 Å². The number of fused-ring (bicyclic) bond motifs is 1. The molecule has 1 heterocycles. The summed E-state index contributed by atoms with van der Waals surface area (Å²) >= 11 is 3.51. The molecule has 0 unspecified atom stereocenters. The Balaban J connectivity index is 1.25. The van der Waals surface area contributed by atoms with Crippen molar-refractivity contribution in [3.8, 4) is 0 Å². The second-order valence-electron chi connectivity index (χ2n) is 9.51. The number of carbonyl (C=O) groups excluding carboxylic acids is 3. The maximum atomic E-state index is 13.5. The molecule has 4 aromatic rings. The van der Waals surface area contributed by atoms with E-state index in [1.807, 2.05) is 95.8 Å². The largest absolute Gasteiger partial charge is 0.447 e. The van der Waals surface area contributed by atoms with E-state index < -0.39 is 6.09 Å². The maximum Gasteiger partial charge on any atom is 0.411 e. The van der Waals surface area contributed by atoms with E-state index >= 15 is 0 Å². The van der Waals surface area contributed by atoms with Crippen LogP contribution in [0.25, 0.3) is 10.8 Å². The lowest BCUT2D eigenvalue weighted by Gasteiger charge is -2.22. The first-order chi connectivity index (χ1) is 19.9. The van der Waals surface area contributed by atoms with Gasteiger partial charge in [0.05, 0.1) is 16.7 Å². The summed E-state index contributed by atoms with van der Waals surface area (Å²) in [5.41, 5.74) is 2.00. The van der Waals surface area contributed by atoms with E-state index in [-0.39, 0.29) is 31.4 Å². The summed E-state index contributed by atoms with van der Waals surface area (Å²) in [5, 5.41) is 7.47. The number of benzene rings is 3. The lowest BCUT2D eigenvalue weighted by Crippen LogP contribution is -2.38. The number of ether oxygens (including phenoxy) is 1. The van der Waals surface area contributed by atoms with E-state index in [0.717, 1.165) is 33.9 Å². The third-order valence-corrected chi connectivity index (χ3v) is 6.83. The lowest BCUT2D eigenvalue weighted by atomic mass is 10.1. The smallest absolute Gasteiger partial charge is 0.411 e. The van der Waals surface area contributed by atoms with Crippen LogP contribution in [-0.2, 0) is 16.1 Å². The van der Waals surface area contributed by atoms with Crippen LogP contribution in [0.1, 0.15) is 36.5 Å². The van der Waals surface area contributed by atoms with Gasteiger partial charge in [-0.1, -0.05) is 61.5 Å². The minimum absolute atomic E-state index is 0.0393. The Morgan fingerprint density at radius 2 is 1.71 bits per heavy atom. The molecule has 0 aliphatic heterocycles. The van der Waals surface area contributed by atoms with E-state index in [9.17, 15) is 14.4 Å². The van der Waals surface area contributed by atoms with Gasteiger partial charge in [0.25, 0.3) is 5.91 Å². The third-order valence-electron chi connectivity index (χ3n) is 6.40. The Morgan fingerprint density at radius 1 is 0.951 bits per heavy atom.